The lowest BCUT2D eigenvalue weighted by Crippen LogP contribution is -2.32. The maximum absolute atomic E-state index is 6.11. The Morgan fingerprint density at radius 2 is 2.31 bits per heavy atom. The molecule has 1 heterocycles. The number of nitrogens with two attached hydrogens (primary N) is 1. The maximum Gasteiger partial charge on any atom is 0.0419 e. The van der Waals surface area contributed by atoms with E-state index in [1.54, 1.807) is 0 Å². The van der Waals surface area contributed by atoms with Crippen LogP contribution in [0.15, 0.2) is 24.4 Å². The molecule has 1 saturated carbocycles. The number of pyridine rings is 1. The zero-order valence-corrected chi connectivity index (χ0v) is 8.03. The Bertz CT molecular complexity index is 277. The summed E-state index contributed by atoms with van der Waals surface area (Å²) in [4.78, 5) is 4.28. The van der Waals surface area contributed by atoms with Gasteiger partial charge in [-0.05, 0) is 30.4 Å². The van der Waals surface area contributed by atoms with Gasteiger partial charge in [-0.15, -0.1) is 0 Å². The summed E-state index contributed by atoms with van der Waals surface area (Å²) in [5.74, 6) is 0. The first-order valence-electron chi connectivity index (χ1n) is 4.86. The molecule has 2 rings (SSSR count). The molecule has 2 N–H and O–H groups in total. The lowest BCUT2D eigenvalue weighted by atomic mass is 9.95. The first kappa shape index (κ1) is 8.70. The summed E-state index contributed by atoms with van der Waals surface area (Å²) in [7, 11) is 0. The molecule has 0 aliphatic heterocycles. The van der Waals surface area contributed by atoms with Crippen molar-refractivity contribution in [1.29, 1.82) is 0 Å². The lowest BCUT2D eigenvalue weighted by molar-refractivity contribution is 0.430. The SMILES string of the molecule is CC1([C@@H](N)Cc2ccccn2)CC1. The third-order valence-electron chi connectivity index (χ3n) is 3.09. The smallest absolute Gasteiger partial charge is 0.0419 e. The highest BCUT2D eigenvalue weighted by molar-refractivity contribution is 5.09. The van der Waals surface area contributed by atoms with Crippen molar-refractivity contribution < 1.29 is 0 Å². The van der Waals surface area contributed by atoms with Gasteiger partial charge < -0.3 is 5.73 Å². The normalized spacial score (nSPS) is 21.1. The lowest BCUT2D eigenvalue weighted by Gasteiger charge is -2.17. The number of rotatable bonds is 3. The molecular formula is C11H16N2. The van der Waals surface area contributed by atoms with Crippen LogP contribution in [0.1, 0.15) is 25.5 Å². The van der Waals surface area contributed by atoms with Crippen molar-refractivity contribution in [3.8, 4) is 0 Å². The summed E-state index contributed by atoms with van der Waals surface area (Å²) < 4.78 is 0. The standard InChI is InChI=1S/C11H16N2/c1-11(5-6-11)10(12)8-9-4-2-3-7-13-9/h2-4,7,10H,5-6,8,12H2,1H3/t10-/m0/s1. The maximum atomic E-state index is 6.11. The van der Waals surface area contributed by atoms with Crippen LogP contribution >= 0.6 is 0 Å². The molecule has 0 unspecified atom stereocenters. The van der Waals surface area contributed by atoms with Crippen molar-refractivity contribution in [1.82, 2.24) is 4.98 Å². The predicted octanol–water partition coefficient (Wildman–Crippen LogP) is 1.75. The van der Waals surface area contributed by atoms with Gasteiger partial charge in [0, 0.05) is 24.4 Å². The topological polar surface area (TPSA) is 38.9 Å². The number of hydrogen-bond donors (Lipinski definition) is 1. The van der Waals surface area contributed by atoms with Crippen LogP contribution in [0.25, 0.3) is 0 Å². The van der Waals surface area contributed by atoms with Crippen molar-refractivity contribution in [3.63, 3.8) is 0 Å². The van der Waals surface area contributed by atoms with Crippen molar-refractivity contribution in [2.45, 2.75) is 32.2 Å². The fourth-order valence-electron chi connectivity index (χ4n) is 1.56. The van der Waals surface area contributed by atoms with Gasteiger partial charge in [-0.3, -0.25) is 4.98 Å². The monoisotopic (exact) mass is 176 g/mol. The molecule has 13 heavy (non-hydrogen) atoms. The molecule has 2 heteroatoms. The van der Waals surface area contributed by atoms with E-state index in [9.17, 15) is 0 Å². The van der Waals surface area contributed by atoms with E-state index in [0.717, 1.165) is 12.1 Å². The van der Waals surface area contributed by atoms with Crippen LogP contribution in [0.4, 0.5) is 0 Å². The molecule has 0 spiro atoms. The Hall–Kier alpha value is -0.890. The molecule has 0 aromatic carbocycles. The minimum absolute atomic E-state index is 0.280. The molecule has 0 amide bonds. The molecule has 1 aromatic rings. The molecule has 1 aliphatic carbocycles. The van der Waals surface area contributed by atoms with E-state index in [2.05, 4.69) is 11.9 Å². The second-order valence-electron chi connectivity index (χ2n) is 4.29. The summed E-state index contributed by atoms with van der Waals surface area (Å²) >= 11 is 0. The largest absolute Gasteiger partial charge is 0.327 e. The van der Waals surface area contributed by atoms with Gasteiger partial charge in [-0.1, -0.05) is 13.0 Å². The van der Waals surface area contributed by atoms with Gasteiger partial charge in [0.05, 0.1) is 0 Å². The summed E-state index contributed by atoms with van der Waals surface area (Å²) in [5, 5.41) is 0. The summed E-state index contributed by atoms with van der Waals surface area (Å²) in [5.41, 5.74) is 7.62. The molecule has 0 radical (unpaired) electrons. The van der Waals surface area contributed by atoms with Crippen LogP contribution in [-0.4, -0.2) is 11.0 Å². The summed E-state index contributed by atoms with van der Waals surface area (Å²) in [6, 6.07) is 6.28. The molecular weight excluding hydrogens is 160 g/mol. The Labute approximate surface area is 79.2 Å². The van der Waals surface area contributed by atoms with Crippen LogP contribution in [-0.2, 0) is 6.42 Å². The third-order valence-corrected chi connectivity index (χ3v) is 3.09. The second-order valence-corrected chi connectivity index (χ2v) is 4.29. The molecule has 70 valence electrons. The van der Waals surface area contributed by atoms with E-state index in [4.69, 9.17) is 5.73 Å². The van der Waals surface area contributed by atoms with Gasteiger partial charge in [0.2, 0.25) is 0 Å². The van der Waals surface area contributed by atoms with E-state index in [1.165, 1.54) is 12.8 Å². The molecule has 1 fully saturated rings. The van der Waals surface area contributed by atoms with Crippen molar-refractivity contribution in [3.05, 3.63) is 30.1 Å². The van der Waals surface area contributed by atoms with E-state index in [1.807, 2.05) is 24.4 Å². The predicted molar refractivity (Wildman–Crippen MR) is 53.3 cm³/mol. The fraction of sp³-hybridized carbons (Fsp3) is 0.545. The third kappa shape index (κ3) is 1.89. The van der Waals surface area contributed by atoms with Crippen molar-refractivity contribution in [2.24, 2.45) is 11.1 Å². The van der Waals surface area contributed by atoms with Gasteiger partial charge in [0.25, 0.3) is 0 Å². The van der Waals surface area contributed by atoms with Gasteiger partial charge in [0.1, 0.15) is 0 Å². The average molecular weight is 176 g/mol. The highest BCUT2D eigenvalue weighted by atomic mass is 14.8. The molecule has 1 aliphatic rings. The van der Waals surface area contributed by atoms with Crippen molar-refractivity contribution >= 4 is 0 Å². The van der Waals surface area contributed by atoms with Gasteiger partial charge in [-0.2, -0.15) is 0 Å². The van der Waals surface area contributed by atoms with E-state index < -0.39 is 0 Å². The number of hydrogen-bond acceptors (Lipinski definition) is 2. The number of nitrogens with zero attached hydrogens (tertiary/aromatic N) is 1. The van der Waals surface area contributed by atoms with Gasteiger partial charge in [-0.25, -0.2) is 0 Å². The molecule has 2 nitrogen and oxygen atoms in total. The Morgan fingerprint density at radius 3 is 2.85 bits per heavy atom. The Morgan fingerprint density at radius 1 is 1.54 bits per heavy atom. The zero-order valence-electron chi connectivity index (χ0n) is 8.03. The van der Waals surface area contributed by atoms with Gasteiger partial charge in [0.15, 0.2) is 0 Å². The quantitative estimate of drug-likeness (QED) is 0.762. The van der Waals surface area contributed by atoms with Gasteiger partial charge >= 0.3 is 0 Å². The highest BCUT2D eigenvalue weighted by Gasteiger charge is 2.42. The van der Waals surface area contributed by atoms with Crippen molar-refractivity contribution in [2.75, 3.05) is 0 Å². The molecule has 1 atom stereocenters. The molecule has 0 bridgehead atoms. The molecule has 0 saturated heterocycles. The highest BCUT2D eigenvalue weighted by Crippen LogP contribution is 2.47. The Balaban J connectivity index is 1.98. The summed E-state index contributed by atoms with van der Waals surface area (Å²) in [6.45, 7) is 2.26. The van der Waals surface area contributed by atoms with Crippen LogP contribution in [0.2, 0.25) is 0 Å². The molecule has 1 aromatic heterocycles. The number of aromatic nitrogens is 1. The summed E-state index contributed by atoms with van der Waals surface area (Å²) in [6.07, 6.45) is 5.30. The zero-order chi connectivity index (χ0) is 9.31. The fourth-order valence-corrected chi connectivity index (χ4v) is 1.56. The minimum Gasteiger partial charge on any atom is -0.327 e. The first-order chi connectivity index (χ1) is 6.21. The van der Waals surface area contributed by atoms with Crippen LogP contribution in [0, 0.1) is 5.41 Å². The average Bonchev–Trinajstić information content (AvgIpc) is 2.87. The first-order valence-corrected chi connectivity index (χ1v) is 4.86. The van der Waals surface area contributed by atoms with E-state index in [0.29, 0.717) is 5.41 Å². The van der Waals surface area contributed by atoms with Crippen LogP contribution < -0.4 is 5.73 Å². The second kappa shape index (κ2) is 3.11. The van der Waals surface area contributed by atoms with Crippen LogP contribution in [0.3, 0.4) is 0 Å². The minimum atomic E-state index is 0.280. The Kier molecular flexibility index (Phi) is 2.08. The van der Waals surface area contributed by atoms with E-state index in [-0.39, 0.29) is 6.04 Å². The van der Waals surface area contributed by atoms with E-state index >= 15 is 0 Å². The van der Waals surface area contributed by atoms with Crippen LogP contribution in [0.5, 0.6) is 0 Å².